The quantitative estimate of drug-likeness (QED) is 0.731. The summed E-state index contributed by atoms with van der Waals surface area (Å²) in [6, 6.07) is 4.73. The summed E-state index contributed by atoms with van der Waals surface area (Å²) in [5.74, 6) is -0.762. The second-order valence-electron chi connectivity index (χ2n) is 5.53. The van der Waals surface area contributed by atoms with Gasteiger partial charge in [0.1, 0.15) is 6.04 Å². The van der Waals surface area contributed by atoms with Crippen LogP contribution in [0.15, 0.2) is 29.2 Å². The van der Waals surface area contributed by atoms with E-state index in [2.05, 4.69) is 14.8 Å². The van der Waals surface area contributed by atoms with E-state index in [-0.39, 0.29) is 16.7 Å². The van der Waals surface area contributed by atoms with Gasteiger partial charge in [0.15, 0.2) is 0 Å². The predicted molar refractivity (Wildman–Crippen MR) is 86.3 cm³/mol. The van der Waals surface area contributed by atoms with E-state index in [0.29, 0.717) is 12.1 Å². The lowest BCUT2D eigenvalue weighted by molar-refractivity contribution is -0.143. The van der Waals surface area contributed by atoms with Crippen LogP contribution in [-0.2, 0) is 24.3 Å². The van der Waals surface area contributed by atoms with Gasteiger partial charge in [-0.25, -0.2) is 8.42 Å². The van der Waals surface area contributed by atoms with Crippen LogP contribution in [0, 0.1) is 5.92 Å². The number of carbonyl (C=O) groups excluding carboxylic acids is 2. The number of anilines is 1. The van der Waals surface area contributed by atoms with Gasteiger partial charge in [-0.3, -0.25) is 9.59 Å². The van der Waals surface area contributed by atoms with Crippen molar-refractivity contribution in [2.24, 2.45) is 5.92 Å². The maximum Gasteiger partial charge on any atom is 0.323 e. The normalized spacial score (nSPS) is 12.7. The highest BCUT2D eigenvalue weighted by atomic mass is 32.2. The Morgan fingerprint density at radius 3 is 2.17 bits per heavy atom. The van der Waals surface area contributed by atoms with Crippen molar-refractivity contribution in [1.29, 1.82) is 0 Å². The fraction of sp³-hybridized carbons (Fsp3) is 0.467. The van der Waals surface area contributed by atoms with Gasteiger partial charge >= 0.3 is 5.97 Å². The highest BCUT2D eigenvalue weighted by Crippen LogP contribution is 2.16. The molecule has 0 heterocycles. The number of esters is 1. The summed E-state index contributed by atoms with van der Waals surface area (Å²) < 4.78 is 31.8. The summed E-state index contributed by atoms with van der Waals surface area (Å²) in [6.45, 7) is 5.12. The van der Waals surface area contributed by atoms with E-state index in [4.69, 9.17) is 0 Å². The maximum absolute atomic E-state index is 12.4. The Balaban J connectivity index is 2.95. The van der Waals surface area contributed by atoms with Crippen LogP contribution in [0.4, 0.5) is 5.69 Å². The third-order valence-corrected chi connectivity index (χ3v) is 4.46. The predicted octanol–water partition coefficient (Wildman–Crippen LogP) is 1.51. The zero-order valence-electron chi connectivity index (χ0n) is 13.6. The second-order valence-corrected chi connectivity index (χ2v) is 7.25. The molecule has 0 spiro atoms. The fourth-order valence-electron chi connectivity index (χ4n) is 1.98. The molecule has 1 aromatic rings. The number of hydrogen-bond acceptors (Lipinski definition) is 5. The van der Waals surface area contributed by atoms with Gasteiger partial charge in [0.25, 0.3) is 0 Å². The number of nitrogens with one attached hydrogen (secondary N) is 2. The maximum atomic E-state index is 12.4. The molecule has 0 saturated carbocycles. The first-order valence-corrected chi connectivity index (χ1v) is 8.62. The van der Waals surface area contributed by atoms with Gasteiger partial charge in [-0.05, 0) is 36.6 Å². The zero-order chi connectivity index (χ0) is 17.6. The molecule has 2 N–H and O–H groups in total. The molecule has 0 aliphatic rings. The molecule has 8 heteroatoms. The second kappa shape index (κ2) is 8.07. The topological polar surface area (TPSA) is 102 Å². The van der Waals surface area contributed by atoms with Crippen LogP contribution in [-0.4, -0.2) is 33.4 Å². The lowest BCUT2D eigenvalue weighted by Gasteiger charge is -2.18. The smallest absolute Gasteiger partial charge is 0.323 e. The third kappa shape index (κ3) is 5.99. The highest BCUT2D eigenvalue weighted by Gasteiger charge is 2.27. The minimum atomic E-state index is -3.87. The molecular formula is C15H22N2O5S. The molecule has 0 fully saturated rings. The largest absolute Gasteiger partial charge is 0.468 e. The Morgan fingerprint density at radius 2 is 1.74 bits per heavy atom. The van der Waals surface area contributed by atoms with E-state index in [1.807, 2.05) is 13.8 Å². The van der Waals surface area contributed by atoms with E-state index < -0.39 is 22.0 Å². The van der Waals surface area contributed by atoms with Crippen molar-refractivity contribution < 1.29 is 22.7 Å². The molecule has 0 saturated heterocycles. The molecule has 0 radical (unpaired) electrons. The molecule has 0 bridgehead atoms. The standard InChI is InChI=1S/C15H22N2O5S/c1-10(2)9-14(15(19)22-4)17-23(20,21)13-7-5-12(6-8-13)16-11(3)18/h5-8,10,14,17H,9H2,1-4H3,(H,16,18)/t14-/m1/s1. The summed E-state index contributed by atoms with van der Waals surface area (Å²) in [5, 5.41) is 2.55. The first-order chi connectivity index (χ1) is 10.7. The molecule has 0 unspecified atom stereocenters. The molecule has 1 amide bonds. The molecule has 1 atom stereocenters. The molecule has 1 rings (SSSR count). The van der Waals surface area contributed by atoms with Crippen molar-refractivity contribution in [2.45, 2.75) is 38.1 Å². The molecule has 0 aliphatic carbocycles. The Morgan fingerprint density at radius 1 is 1.17 bits per heavy atom. The van der Waals surface area contributed by atoms with Gasteiger partial charge in [-0.2, -0.15) is 4.72 Å². The number of benzene rings is 1. The van der Waals surface area contributed by atoms with E-state index in [0.717, 1.165) is 0 Å². The number of carbonyl (C=O) groups is 2. The van der Waals surface area contributed by atoms with Crippen molar-refractivity contribution in [1.82, 2.24) is 4.72 Å². The molecular weight excluding hydrogens is 320 g/mol. The summed E-state index contributed by atoms with van der Waals surface area (Å²) in [5.41, 5.74) is 0.489. The van der Waals surface area contributed by atoms with Crippen LogP contribution in [0.5, 0.6) is 0 Å². The van der Waals surface area contributed by atoms with Crippen LogP contribution in [0.25, 0.3) is 0 Å². The van der Waals surface area contributed by atoms with Gasteiger partial charge in [-0.15, -0.1) is 0 Å². The minimum Gasteiger partial charge on any atom is -0.468 e. The van der Waals surface area contributed by atoms with Gasteiger partial charge in [0, 0.05) is 12.6 Å². The Hall–Kier alpha value is -1.93. The number of rotatable bonds is 7. The van der Waals surface area contributed by atoms with E-state index in [9.17, 15) is 18.0 Å². The van der Waals surface area contributed by atoms with Gasteiger partial charge in [0.2, 0.25) is 15.9 Å². The van der Waals surface area contributed by atoms with E-state index in [1.54, 1.807) is 0 Å². The Kier molecular flexibility index (Phi) is 6.71. The third-order valence-electron chi connectivity index (χ3n) is 2.98. The number of methoxy groups -OCH3 is 1. The monoisotopic (exact) mass is 342 g/mol. The Labute approximate surface area is 136 Å². The first-order valence-electron chi connectivity index (χ1n) is 7.13. The van der Waals surface area contributed by atoms with Gasteiger partial charge in [0.05, 0.1) is 12.0 Å². The number of amides is 1. The molecule has 128 valence electrons. The van der Waals surface area contributed by atoms with Crippen LogP contribution in [0.1, 0.15) is 27.2 Å². The summed E-state index contributed by atoms with van der Waals surface area (Å²) in [4.78, 5) is 22.7. The SMILES string of the molecule is COC(=O)[C@@H](CC(C)C)NS(=O)(=O)c1ccc(NC(C)=O)cc1. The first kappa shape index (κ1) is 19.1. The van der Waals surface area contributed by atoms with E-state index >= 15 is 0 Å². The average molecular weight is 342 g/mol. The van der Waals surface area contributed by atoms with Crippen molar-refractivity contribution in [3.8, 4) is 0 Å². The number of hydrogen-bond donors (Lipinski definition) is 2. The van der Waals surface area contributed by atoms with Crippen molar-refractivity contribution in [3.05, 3.63) is 24.3 Å². The molecule has 0 aliphatic heterocycles. The van der Waals surface area contributed by atoms with Crippen LogP contribution in [0.3, 0.4) is 0 Å². The van der Waals surface area contributed by atoms with Crippen molar-refractivity contribution in [3.63, 3.8) is 0 Å². The van der Waals surface area contributed by atoms with Crippen LogP contribution >= 0.6 is 0 Å². The summed E-state index contributed by atoms with van der Waals surface area (Å²) in [7, 11) is -2.65. The Bertz CT molecular complexity index is 653. The molecule has 0 aromatic heterocycles. The minimum absolute atomic E-state index is 0.00395. The van der Waals surface area contributed by atoms with Crippen LogP contribution in [0.2, 0.25) is 0 Å². The lowest BCUT2D eigenvalue weighted by Crippen LogP contribution is -2.42. The summed E-state index contributed by atoms with van der Waals surface area (Å²) >= 11 is 0. The van der Waals surface area contributed by atoms with Gasteiger partial charge in [-0.1, -0.05) is 13.8 Å². The fourth-order valence-corrected chi connectivity index (χ4v) is 3.18. The highest BCUT2D eigenvalue weighted by molar-refractivity contribution is 7.89. The summed E-state index contributed by atoms with van der Waals surface area (Å²) in [6.07, 6.45) is 0.329. The molecule has 23 heavy (non-hydrogen) atoms. The van der Waals surface area contributed by atoms with Crippen molar-refractivity contribution >= 4 is 27.6 Å². The van der Waals surface area contributed by atoms with Crippen molar-refractivity contribution in [2.75, 3.05) is 12.4 Å². The number of ether oxygens (including phenoxy) is 1. The average Bonchev–Trinajstić information content (AvgIpc) is 2.45. The zero-order valence-corrected chi connectivity index (χ0v) is 14.4. The lowest BCUT2D eigenvalue weighted by atomic mass is 10.1. The molecule has 1 aromatic carbocycles. The van der Waals surface area contributed by atoms with Crippen LogP contribution < -0.4 is 10.0 Å². The van der Waals surface area contributed by atoms with E-state index in [1.165, 1.54) is 38.3 Å². The number of sulfonamides is 1. The van der Waals surface area contributed by atoms with Gasteiger partial charge < -0.3 is 10.1 Å². The molecule has 7 nitrogen and oxygen atoms in total.